The molecular formula is C23H16F7N3O3. The van der Waals surface area contributed by atoms with Crippen molar-refractivity contribution in [2.45, 2.75) is 25.7 Å². The second-order valence-corrected chi connectivity index (χ2v) is 7.67. The van der Waals surface area contributed by atoms with Gasteiger partial charge in [0.15, 0.2) is 5.69 Å². The Hall–Kier alpha value is -4.03. The molecule has 0 saturated heterocycles. The fourth-order valence-electron chi connectivity index (χ4n) is 3.47. The highest BCUT2D eigenvalue weighted by Gasteiger charge is 2.41. The third-order valence-corrected chi connectivity index (χ3v) is 5.13. The van der Waals surface area contributed by atoms with Crippen LogP contribution in [-0.2, 0) is 25.8 Å². The second kappa shape index (κ2) is 9.55. The first-order valence-corrected chi connectivity index (χ1v) is 10.0. The molecule has 0 spiro atoms. The van der Waals surface area contributed by atoms with Gasteiger partial charge in [-0.15, -0.1) is 0 Å². The minimum atomic E-state index is -5.04. The highest BCUT2D eigenvalue weighted by molar-refractivity contribution is 6.10. The number of carbonyl (C=O) groups is 2. The van der Waals surface area contributed by atoms with Gasteiger partial charge in [-0.1, -0.05) is 12.1 Å². The predicted molar refractivity (Wildman–Crippen MR) is 112 cm³/mol. The van der Waals surface area contributed by atoms with Crippen LogP contribution in [0.3, 0.4) is 0 Å². The summed E-state index contributed by atoms with van der Waals surface area (Å²) in [5.41, 5.74) is -4.61. The van der Waals surface area contributed by atoms with Crippen LogP contribution in [-0.4, -0.2) is 32.5 Å². The lowest BCUT2D eigenvalue weighted by atomic mass is 10.0. The number of hydrogen-bond donors (Lipinski definition) is 1. The number of amides is 1. The van der Waals surface area contributed by atoms with Crippen LogP contribution >= 0.6 is 0 Å². The maximum absolute atomic E-state index is 14.3. The molecule has 0 aliphatic rings. The first kappa shape index (κ1) is 26.6. The van der Waals surface area contributed by atoms with Crippen LogP contribution in [0.15, 0.2) is 47.5 Å². The van der Waals surface area contributed by atoms with Crippen molar-refractivity contribution in [3.63, 3.8) is 0 Å². The Morgan fingerprint density at radius 3 is 2.11 bits per heavy atom. The minimum Gasteiger partial charge on any atom is -0.478 e. The van der Waals surface area contributed by atoms with E-state index in [9.17, 15) is 40.3 Å². The number of benzene rings is 2. The molecular weight excluding hydrogens is 499 g/mol. The SMILES string of the molecule is CC(=NC(=O)c1c(Cc2ccc(C(F)(F)F)cc2)nn(C)c1C(F)(F)F)c1ccc(C(=O)O)cc1F. The normalized spacial score (nSPS) is 12.6. The van der Waals surface area contributed by atoms with E-state index in [2.05, 4.69) is 10.1 Å². The van der Waals surface area contributed by atoms with E-state index in [-0.39, 0.29) is 22.4 Å². The smallest absolute Gasteiger partial charge is 0.433 e. The van der Waals surface area contributed by atoms with Crippen molar-refractivity contribution in [1.82, 2.24) is 9.78 Å². The van der Waals surface area contributed by atoms with E-state index in [1.807, 2.05) is 0 Å². The maximum atomic E-state index is 14.3. The number of rotatable bonds is 5. The Bertz CT molecular complexity index is 1350. The molecule has 190 valence electrons. The topological polar surface area (TPSA) is 84.5 Å². The molecule has 0 atom stereocenters. The van der Waals surface area contributed by atoms with E-state index in [1.165, 1.54) is 0 Å². The third-order valence-electron chi connectivity index (χ3n) is 5.13. The summed E-state index contributed by atoms with van der Waals surface area (Å²) in [7, 11) is 0.941. The van der Waals surface area contributed by atoms with Crippen LogP contribution in [0.4, 0.5) is 30.7 Å². The second-order valence-electron chi connectivity index (χ2n) is 7.67. The van der Waals surface area contributed by atoms with Crippen LogP contribution in [0.1, 0.15) is 55.7 Å². The van der Waals surface area contributed by atoms with Crippen molar-refractivity contribution in [3.05, 3.63) is 87.5 Å². The van der Waals surface area contributed by atoms with Gasteiger partial charge in [0.2, 0.25) is 0 Å². The highest BCUT2D eigenvalue weighted by atomic mass is 19.4. The summed E-state index contributed by atoms with van der Waals surface area (Å²) >= 11 is 0. The van der Waals surface area contributed by atoms with Gasteiger partial charge in [0.1, 0.15) is 5.82 Å². The lowest BCUT2D eigenvalue weighted by Gasteiger charge is -2.10. The van der Waals surface area contributed by atoms with E-state index >= 15 is 0 Å². The fourth-order valence-corrected chi connectivity index (χ4v) is 3.47. The quantitative estimate of drug-likeness (QED) is 0.358. The van der Waals surface area contributed by atoms with Crippen LogP contribution in [0.25, 0.3) is 0 Å². The molecule has 0 bridgehead atoms. The molecule has 13 heteroatoms. The zero-order valence-electron chi connectivity index (χ0n) is 18.5. The van der Waals surface area contributed by atoms with Gasteiger partial charge in [-0.2, -0.15) is 31.4 Å². The Labute approximate surface area is 198 Å². The summed E-state index contributed by atoms with van der Waals surface area (Å²) in [6.07, 6.45) is -10.1. The van der Waals surface area contributed by atoms with Gasteiger partial charge < -0.3 is 5.11 Å². The number of carboxylic acid groups (broad SMARTS) is 1. The summed E-state index contributed by atoms with van der Waals surface area (Å²) in [5, 5.41) is 12.7. The summed E-state index contributed by atoms with van der Waals surface area (Å²) in [4.78, 5) is 27.4. The summed E-state index contributed by atoms with van der Waals surface area (Å²) in [6.45, 7) is 1.15. The Balaban J connectivity index is 2.05. The van der Waals surface area contributed by atoms with Gasteiger partial charge in [-0.25, -0.2) is 14.2 Å². The summed E-state index contributed by atoms with van der Waals surface area (Å²) in [5.74, 6) is -3.88. The molecule has 6 nitrogen and oxygen atoms in total. The monoisotopic (exact) mass is 515 g/mol. The van der Waals surface area contributed by atoms with E-state index in [1.54, 1.807) is 0 Å². The Kier molecular flexibility index (Phi) is 7.05. The molecule has 3 rings (SSSR count). The van der Waals surface area contributed by atoms with Crippen molar-refractivity contribution in [1.29, 1.82) is 0 Å². The molecule has 1 aromatic heterocycles. The van der Waals surface area contributed by atoms with Gasteiger partial charge >= 0.3 is 18.3 Å². The zero-order valence-corrected chi connectivity index (χ0v) is 18.5. The molecule has 0 aliphatic carbocycles. The van der Waals surface area contributed by atoms with Crippen molar-refractivity contribution >= 4 is 17.6 Å². The maximum Gasteiger partial charge on any atom is 0.433 e. The first-order chi connectivity index (χ1) is 16.6. The molecule has 2 aromatic carbocycles. The van der Waals surface area contributed by atoms with Gasteiger partial charge in [-0.05, 0) is 42.8 Å². The minimum absolute atomic E-state index is 0.153. The number of aromatic carboxylic acids is 1. The van der Waals surface area contributed by atoms with Gasteiger partial charge in [0, 0.05) is 19.0 Å². The molecule has 1 N–H and O–H groups in total. The number of carbonyl (C=O) groups excluding carboxylic acids is 1. The number of hydrogen-bond acceptors (Lipinski definition) is 3. The molecule has 0 unspecified atom stereocenters. The summed E-state index contributed by atoms with van der Waals surface area (Å²) in [6, 6.07) is 6.31. The first-order valence-electron chi connectivity index (χ1n) is 10.0. The van der Waals surface area contributed by atoms with E-state index in [0.717, 1.165) is 50.4 Å². The van der Waals surface area contributed by atoms with Crippen LogP contribution < -0.4 is 0 Å². The van der Waals surface area contributed by atoms with Crippen molar-refractivity contribution < 1.29 is 45.4 Å². The number of carboxylic acids is 1. The average Bonchev–Trinajstić information content (AvgIpc) is 3.09. The van der Waals surface area contributed by atoms with Crippen LogP contribution in [0.5, 0.6) is 0 Å². The number of aromatic nitrogens is 2. The van der Waals surface area contributed by atoms with Crippen molar-refractivity contribution in [2.75, 3.05) is 0 Å². The van der Waals surface area contributed by atoms with E-state index in [4.69, 9.17) is 5.11 Å². The molecule has 36 heavy (non-hydrogen) atoms. The fraction of sp³-hybridized carbons (Fsp3) is 0.217. The molecule has 0 fully saturated rings. The molecule has 1 heterocycles. The standard InChI is InChI=1S/C23H16F7N3O3/c1-11(15-8-5-13(21(35)36)10-16(15)24)31-20(34)18-17(32-33(2)19(18)23(28,29)30)9-12-3-6-14(7-4-12)22(25,26)27/h3-8,10H,9H2,1-2H3,(H,35,36). The highest BCUT2D eigenvalue weighted by Crippen LogP contribution is 2.35. The van der Waals surface area contributed by atoms with Crippen LogP contribution in [0.2, 0.25) is 0 Å². The van der Waals surface area contributed by atoms with Crippen molar-refractivity contribution in [3.8, 4) is 0 Å². The largest absolute Gasteiger partial charge is 0.478 e. The van der Waals surface area contributed by atoms with E-state index < -0.39 is 59.0 Å². The summed E-state index contributed by atoms with van der Waals surface area (Å²) < 4.78 is 94.4. The number of halogens is 7. The number of aliphatic imine (C=N–C) groups is 1. The van der Waals surface area contributed by atoms with Gasteiger partial charge in [-0.3, -0.25) is 9.48 Å². The number of aryl methyl sites for hydroxylation is 1. The third kappa shape index (κ3) is 5.61. The molecule has 0 aliphatic heterocycles. The lowest BCUT2D eigenvalue weighted by Crippen LogP contribution is -2.17. The molecule has 1 amide bonds. The Morgan fingerprint density at radius 2 is 1.61 bits per heavy atom. The molecule has 3 aromatic rings. The average molecular weight is 515 g/mol. The predicted octanol–water partition coefficient (Wildman–Crippen LogP) is 5.54. The zero-order chi connectivity index (χ0) is 27.0. The van der Waals surface area contributed by atoms with Gasteiger partial charge in [0.05, 0.1) is 28.1 Å². The van der Waals surface area contributed by atoms with Gasteiger partial charge in [0.25, 0.3) is 5.91 Å². The molecule has 0 radical (unpaired) electrons. The number of alkyl halides is 6. The molecule has 0 saturated carbocycles. The number of nitrogens with zero attached hydrogens (tertiary/aromatic N) is 3. The van der Waals surface area contributed by atoms with E-state index in [0.29, 0.717) is 10.7 Å². The Morgan fingerprint density at radius 1 is 1.00 bits per heavy atom. The van der Waals surface area contributed by atoms with Crippen LogP contribution in [0, 0.1) is 5.82 Å². The van der Waals surface area contributed by atoms with Crippen molar-refractivity contribution in [2.24, 2.45) is 12.0 Å². The lowest BCUT2D eigenvalue weighted by molar-refractivity contribution is -0.144.